The summed E-state index contributed by atoms with van der Waals surface area (Å²) >= 11 is 3.02. The largest absolute Gasteiger partial charge is 0.315 e. The Bertz CT molecular complexity index is 921. The van der Waals surface area contributed by atoms with Crippen LogP contribution in [-0.4, -0.2) is 12.5 Å². The molecule has 0 aliphatic rings. The van der Waals surface area contributed by atoms with Crippen LogP contribution in [0.5, 0.6) is 0 Å². The summed E-state index contributed by atoms with van der Waals surface area (Å²) in [6, 6.07) is 16.4. The molecule has 2 heterocycles. The van der Waals surface area contributed by atoms with E-state index in [9.17, 15) is 4.79 Å². The molecule has 138 valence electrons. The molecule has 0 aliphatic carbocycles. The predicted molar refractivity (Wildman–Crippen MR) is 112 cm³/mol. The van der Waals surface area contributed by atoms with E-state index in [0.717, 1.165) is 10.4 Å². The minimum Gasteiger partial charge on any atom is -0.315 e. The summed E-state index contributed by atoms with van der Waals surface area (Å²) in [5.74, 6) is 0.326. The number of nitrogens with one attached hydrogen (secondary N) is 2. The van der Waals surface area contributed by atoms with Crippen molar-refractivity contribution in [2.45, 2.75) is 25.8 Å². The average Bonchev–Trinajstić information content (AvgIpc) is 3.34. The highest BCUT2D eigenvalue weighted by Crippen LogP contribution is 2.27. The smallest absolute Gasteiger partial charge is 0.238 e. The first-order valence-electron chi connectivity index (χ1n) is 8.72. The number of carbonyl (C=O) groups is 1. The highest BCUT2D eigenvalue weighted by atomic mass is 32.1. The Kier molecular flexibility index (Phi) is 6.40. The first-order valence-corrected chi connectivity index (χ1v) is 10.5. The summed E-state index contributed by atoms with van der Waals surface area (Å²) in [4.78, 5) is 13.5. The van der Waals surface area contributed by atoms with Gasteiger partial charge >= 0.3 is 0 Å². The van der Waals surface area contributed by atoms with E-state index in [1.165, 1.54) is 16.9 Å². The van der Waals surface area contributed by atoms with Crippen LogP contribution in [0.1, 0.15) is 47.4 Å². The van der Waals surface area contributed by atoms with Gasteiger partial charge in [0.25, 0.3) is 0 Å². The molecule has 0 unspecified atom stereocenters. The molecule has 0 spiro atoms. The van der Waals surface area contributed by atoms with Gasteiger partial charge in [0.2, 0.25) is 5.91 Å². The van der Waals surface area contributed by atoms with E-state index in [-0.39, 0.29) is 18.5 Å². The number of hydrogen-bond acceptors (Lipinski definition) is 5. The number of amides is 1. The molecule has 0 radical (unpaired) electrons. The van der Waals surface area contributed by atoms with Gasteiger partial charge in [0.1, 0.15) is 11.1 Å². The predicted octanol–water partition coefficient (Wildman–Crippen LogP) is 5.12. The Morgan fingerprint density at radius 3 is 2.44 bits per heavy atom. The first-order chi connectivity index (χ1) is 13.1. The van der Waals surface area contributed by atoms with E-state index in [2.05, 4.69) is 60.9 Å². The zero-order valence-corrected chi connectivity index (χ0v) is 16.9. The number of benzene rings is 1. The third-order valence-corrected chi connectivity index (χ3v) is 6.04. The lowest BCUT2D eigenvalue weighted by molar-refractivity contribution is -0.115. The van der Waals surface area contributed by atoms with Crippen LogP contribution in [0.4, 0.5) is 5.00 Å². The summed E-state index contributed by atoms with van der Waals surface area (Å²) in [5, 5.41) is 19.7. The number of anilines is 1. The average molecular weight is 396 g/mol. The molecule has 0 saturated carbocycles. The van der Waals surface area contributed by atoms with Crippen LogP contribution in [0.3, 0.4) is 0 Å². The summed E-state index contributed by atoms with van der Waals surface area (Å²) < 4.78 is 0. The maximum absolute atomic E-state index is 12.4. The number of carbonyl (C=O) groups excluding carboxylic acids is 1. The van der Waals surface area contributed by atoms with Gasteiger partial charge in [-0.25, -0.2) is 0 Å². The monoisotopic (exact) mass is 395 g/mol. The Morgan fingerprint density at radius 2 is 1.81 bits per heavy atom. The summed E-state index contributed by atoms with van der Waals surface area (Å²) in [6.45, 7) is 4.51. The van der Waals surface area contributed by atoms with Crippen LogP contribution in [0.25, 0.3) is 0 Å². The van der Waals surface area contributed by atoms with Crippen molar-refractivity contribution in [2.75, 3.05) is 11.9 Å². The van der Waals surface area contributed by atoms with E-state index >= 15 is 0 Å². The third-order valence-electron chi connectivity index (χ3n) is 4.27. The molecule has 2 N–H and O–H groups in total. The van der Waals surface area contributed by atoms with E-state index in [1.807, 2.05) is 11.4 Å². The lowest BCUT2D eigenvalue weighted by Crippen LogP contribution is -2.31. The van der Waals surface area contributed by atoms with Crippen LogP contribution >= 0.6 is 22.7 Å². The second-order valence-corrected chi connectivity index (χ2v) is 8.37. The van der Waals surface area contributed by atoms with Crippen molar-refractivity contribution >= 4 is 33.6 Å². The van der Waals surface area contributed by atoms with Crippen molar-refractivity contribution in [3.05, 3.63) is 74.8 Å². The zero-order chi connectivity index (χ0) is 19.2. The minimum absolute atomic E-state index is 0.0456. The molecule has 2 aromatic heterocycles. The molecule has 6 heteroatoms. The van der Waals surface area contributed by atoms with Crippen LogP contribution in [0, 0.1) is 11.3 Å². The standard InChI is InChI=1S/C21H21N3OS2/c1-14(2)15-5-7-16(8-6-15)20(18-4-3-10-26-18)23-13-19(25)24-21-17(12-22)9-11-27-21/h3-11,14,20,23H,13H2,1-2H3,(H,24,25)/t20-/m1/s1. The topological polar surface area (TPSA) is 64.9 Å². The third kappa shape index (κ3) is 4.83. The van der Waals surface area contributed by atoms with E-state index in [0.29, 0.717) is 16.5 Å². The van der Waals surface area contributed by atoms with Gasteiger partial charge in [-0.05, 0) is 39.9 Å². The van der Waals surface area contributed by atoms with Gasteiger partial charge in [-0.2, -0.15) is 5.26 Å². The summed E-state index contributed by atoms with van der Waals surface area (Å²) in [7, 11) is 0. The molecule has 1 amide bonds. The van der Waals surface area contributed by atoms with Gasteiger partial charge in [-0.15, -0.1) is 22.7 Å². The maximum Gasteiger partial charge on any atom is 0.238 e. The number of hydrogen-bond donors (Lipinski definition) is 2. The fourth-order valence-electron chi connectivity index (χ4n) is 2.77. The Balaban J connectivity index is 1.71. The lowest BCUT2D eigenvalue weighted by atomic mass is 9.98. The van der Waals surface area contributed by atoms with Crippen LogP contribution in [-0.2, 0) is 4.79 Å². The summed E-state index contributed by atoms with van der Waals surface area (Å²) in [6.07, 6.45) is 0. The van der Waals surface area contributed by atoms with Gasteiger partial charge in [-0.3, -0.25) is 10.1 Å². The van der Waals surface area contributed by atoms with Crippen molar-refractivity contribution in [2.24, 2.45) is 0 Å². The molecule has 3 aromatic rings. The quantitative estimate of drug-likeness (QED) is 0.583. The van der Waals surface area contributed by atoms with E-state index in [1.54, 1.807) is 22.8 Å². The second kappa shape index (κ2) is 8.96. The van der Waals surface area contributed by atoms with Crippen LogP contribution < -0.4 is 10.6 Å². The number of rotatable bonds is 7. The van der Waals surface area contributed by atoms with Crippen molar-refractivity contribution in [1.82, 2.24) is 5.32 Å². The number of nitrogens with zero attached hydrogens (tertiary/aromatic N) is 1. The summed E-state index contributed by atoms with van der Waals surface area (Å²) in [5.41, 5.74) is 2.92. The molecule has 1 atom stereocenters. The van der Waals surface area contributed by atoms with Gasteiger partial charge in [-0.1, -0.05) is 44.2 Å². The highest BCUT2D eigenvalue weighted by Gasteiger charge is 2.17. The molecular formula is C21H21N3OS2. The lowest BCUT2D eigenvalue weighted by Gasteiger charge is -2.19. The first kappa shape index (κ1) is 19.3. The number of nitriles is 1. The van der Waals surface area contributed by atoms with Gasteiger partial charge < -0.3 is 5.32 Å². The molecule has 3 rings (SSSR count). The second-order valence-electron chi connectivity index (χ2n) is 6.47. The molecule has 0 saturated heterocycles. The fourth-order valence-corrected chi connectivity index (χ4v) is 4.35. The molecule has 4 nitrogen and oxygen atoms in total. The van der Waals surface area contributed by atoms with Gasteiger partial charge in [0.05, 0.1) is 18.2 Å². The van der Waals surface area contributed by atoms with Crippen molar-refractivity contribution in [1.29, 1.82) is 5.26 Å². The molecule has 0 aliphatic heterocycles. The van der Waals surface area contributed by atoms with E-state index in [4.69, 9.17) is 5.26 Å². The molecule has 0 bridgehead atoms. The Labute approximate surface area is 167 Å². The molecule has 27 heavy (non-hydrogen) atoms. The zero-order valence-electron chi connectivity index (χ0n) is 15.2. The van der Waals surface area contributed by atoms with Crippen molar-refractivity contribution in [3.63, 3.8) is 0 Å². The highest BCUT2D eigenvalue weighted by molar-refractivity contribution is 7.14. The van der Waals surface area contributed by atoms with Crippen molar-refractivity contribution in [3.8, 4) is 6.07 Å². The number of thiophene rings is 2. The van der Waals surface area contributed by atoms with Crippen LogP contribution in [0.2, 0.25) is 0 Å². The van der Waals surface area contributed by atoms with Gasteiger partial charge in [0.15, 0.2) is 0 Å². The normalized spacial score (nSPS) is 11.9. The Morgan fingerprint density at radius 1 is 1.07 bits per heavy atom. The SMILES string of the molecule is CC(C)c1ccc([C@@H](NCC(=O)Nc2sccc2C#N)c2cccs2)cc1. The minimum atomic E-state index is -0.158. The van der Waals surface area contributed by atoms with Crippen molar-refractivity contribution < 1.29 is 4.79 Å². The van der Waals surface area contributed by atoms with Crippen LogP contribution in [0.15, 0.2) is 53.2 Å². The Hall–Kier alpha value is -2.46. The van der Waals surface area contributed by atoms with Gasteiger partial charge in [0, 0.05) is 4.88 Å². The molecule has 1 aromatic carbocycles. The van der Waals surface area contributed by atoms with E-state index < -0.39 is 0 Å². The maximum atomic E-state index is 12.4. The fraction of sp³-hybridized carbons (Fsp3) is 0.238. The molecule has 0 fully saturated rings. The molecular weight excluding hydrogens is 374 g/mol.